The van der Waals surface area contributed by atoms with Crippen molar-refractivity contribution in [1.82, 2.24) is 9.97 Å². The molecule has 2 N–H and O–H groups in total. The first-order chi connectivity index (χ1) is 7.81. The summed E-state index contributed by atoms with van der Waals surface area (Å²) in [5.41, 5.74) is 0.997. The van der Waals surface area contributed by atoms with E-state index in [-0.39, 0.29) is 0 Å². The number of furan rings is 1. The zero-order chi connectivity index (χ0) is 11.4. The Morgan fingerprint density at radius 1 is 1.31 bits per heavy atom. The topological polar surface area (TPSA) is 63.0 Å². The summed E-state index contributed by atoms with van der Waals surface area (Å²) in [6, 6.07) is 3.78. The van der Waals surface area contributed by atoms with Crippen molar-refractivity contribution < 1.29 is 4.42 Å². The molecule has 0 aromatic carbocycles. The average Bonchev–Trinajstić information content (AvgIpc) is 2.81. The van der Waals surface area contributed by atoms with E-state index in [0.29, 0.717) is 6.54 Å². The zero-order valence-corrected chi connectivity index (χ0v) is 9.32. The predicted molar refractivity (Wildman–Crippen MR) is 62.4 cm³/mol. The van der Waals surface area contributed by atoms with E-state index in [1.807, 2.05) is 26.1 Å². The van der Waals surface area contributed by atoms with Crippen molar-refractivity contribution in [3.8, 4) is 0 Å². The molecule has 0 radical (unpaired) electrons. The van der Waals surface area contributed by atoms with E-state index in [4.69, 9.17) is 4.42 Å². The number of aromatic nitrogens is 2. The summed E-state index contributed by atoms with van der Waals surface area (Å²) in [7, 11) is 1.84. The molecule has 5 heteroatoms. The van der Waals surface area contributed by atoms with Crippen molar-refractivity contribution in [3.05, 3.63) is 36.0 Å². The van der Waals surface area contributed by atoms with Crippen LogP contribution in [-0.2, 0) is 6.54 Å². The van der Waals surface area contributed by atoms with E-state index in [9.17, 15) is 0 Å². The minimum Gasteiger partial charge on any atom is -0.467 e. The SMILES string of the molecule is CNc1ncnc(NCc2ccco2)c1C. The summed E-state index contributed by atoms with van der Waals surface area (Å²) in [6.07, 6.45) is 3.19. The highest BCUT2D eigenvalue weighted by atomic mass is 16.3. The Bertz CT molecular complexity index is 453. The highest BCUT2D eigenvalue weighted by Gasteiger charge is 2.05. The minimum absolute atomic E-state index is 0.619. The van der Waals surface area contributed by atoms with Crippen molar-refractivity contribution >= 4 is 11.6 Å². The number of hydrogen-bond donors (Lipinski definition) is 2. The fourth-order valence-electron chi connectivity index (χ4n) is 1.46. The second-order valence-corrected chi connectivity index (χ2v) is 3.38. The van der Waals surface area contributed by atoms with Gasteiger partial charge in [0.1, 0.15) is 23.7 Å². The van der Waals surface area contributed by atoms with Crippen LogP contribution in [0.1, 0.15) is 11.3 Å². The van der Waals surface area contributed by atoms with E-state index in [1.165, 1.54) is 6.33 Å². The summed E-state index contributed by atoms with van der Waals surface area (Å²) in [6.45, 7) is 2.59. The maximum absolute atomic E-state index is 5.23. The molecule has 2 aromatic heterocycles. The van der Waals surface area contributed by atoms with Crippen LogP contribution in [0.15, 0.2) is 29.1 Å². The van der Waals surface area contributed by atoms with E-state index in [2.05, 4.69) is 20.6 Å². The van der Waals surface area contributed by atoms with E-state index < -0.39 is 0 Å². The van der Waals surface area contributed by atoms with Gasteiger partial charge in [-0.1, -0.05) is 0 Å². The van der Waals surface area contributed by atoms with Gasteiger partial charge in [0, 0.05) is 12.6 Å². The molecule has 0 aliphatic rings. The van der Waals surface area contributed by atoms with E-state index in [0.717, 1.165) is 23.0 Å². The average molecular weight is 218 g/mol. The van der Waals surface area contributed by atoms with Gasteiger partial charge >= 0.3 is 0 Å². The Morgan fingerprint density at radius 3 is 2.81 bits per heavy atom. The molecule has 5 nitrogen and oxygen atoms in total. The molecular formula is C11H14N4O. The lowest BCUT2D eigenvalue weighted by Crippen LogP contribution is -2.05. The fraction of sp³-hybridized carbons (Fsp3) is 0.273. The van der Waals surface area contributed by atoms with Gasteiger partial charge in [0.15, 0.2) is 0 Å². The smallest absolute Gasteiger partial charge is 0.134 e. The molecule has 0 bridgehead atoms. The van der Waals surface area contributed by atoms with Gasteiger partial charge in [0.05, 0.1) is 12.8 Å². The van der Waals surface area contributed by atoms with Crippen LogP contribution in [0.25, 0.3) is 0 Å². The number of hydrogen-bond acceptors (Lipinski definition) is 5. The molecule has 0 atom stereocenters. The largest absolute Gasteiger partial charge is 0.467 e. The van der Waals surface area contributed by atoms with E-state index in [1.54, 1.807) is 6.26 Å². The lowest BCUT2D eigenvalue weighted by Gasteiger charge is -2.09. The summed E-state index contributed by atoms with van der Waals surface area (Å²) >= 11 is 0. The first-order valence-electron chi connectivity index (χ1n) is 5.07. The normalized spacial score (nSPS) is 10.1. The van der Waals surface area contributed by atoms with Crippen molar-refractivity contribution in [2.24, 2.45) is 0 Å². The van der Waals surface area contributed by atoms with E-state index >= 15 is 0 Å². The molecule has 16 heavy (non-hydrogen) atoms. The number of rotatable bonds is 4. The Labute approximate surface area is 93.9 Å². The van der Waals surface area contributed by atoms with Gasteiger partial charge in [-0.05, 0) is 19.1 Å². The summed E-state index contributed by atoms with van der Waals surface area (Å²) in [5, 5.41) is 6.22. The van der Waals surface area contributed by atoms with Crippen LogP contribution in [0.3, 0.4) is 0 Å². The van der Waals surface area contributed by atoms with Crippen molar-refractivity contribution in [2.75, 3.05) is 17.7 Å². The molecule has 2 heterocycles. The van der Waals surface area contributed by atoms with Crippen LogP contribution < -0.4 is 10.6 Å². The fourth-order valence-corrected chi connectivity index (χ4v) is 1.46. The maximum atomic E-state index is 5.23. The molecule has 2 aromatic rings. The van der Waals surface area contributed by atoms with Gasteiger partial charge in [-0.15, -0.1) is 0 Å². The zero-order valence-electron chi connectivity index (χ0n) is 9.32. The molecule has 0 fully saturated rings. The van der Waals surface area contributed by atoms with Crippen molar-refractivity contribution in [2.45, 2.75) is 13.5 Å². The third kappa shape index (κ3) is 2.13. The van der Waals surface area contributed by atoms with Crippen LogP contribution in [-0.4, -0.2) is 17.0 Å². The molecule has 84 valence electrons. The van der Waals surface area contributed by atoms with Crippen LogP contribution in [0.2, 0.25) is 0 Å². The van der Waals surface area contributed by atoms with Crippen LogP contribution in [0.4, 0.5) is 11.6 Å². The monoisotopic (exact) mass is 218 g/mol. The standard InChI is InChI=1S/C11H14N4O/c1-8-10(12-2)14-7-15-11(8)13-6-9-4-3-5-16-9/h3-5,7H,6H2,1-2H3,(H2,12,13,14,15). The highest BCUT2D eigenvalue weighted by Crippen LogP contribution is 2.18. The molecule has 0 spiro atoms. The minimum atomic E-state index is 0.619. The Morgan fingerprint density at radius 2 is 2.12 bits per heavy atom. The number of anilines is 2. The van der Waals surface area contributed by atoms with Crippen LogP contribution in [0, 0.1) is 6.92 Å². The van der Waals surface area contributed by atoms with Gasteiger partial charge in [0.25, 0.3) is 0 Å². The van der Waals surface area contributed by atoms with Crippen LogP contribution >= 0.6 is 0 Å². The van der Waals surface area contributed by atoms with Crippen molar-refractivity contribution in [1.29, 1.82) is 0 Å². The molecule has 0 amide bonds. The van der Waals surface area contributed by atoms with Gasteiger partial charge in [0.2, 0.25) is 0 Å². The van der Waals surface area contributed by atoms with Gasteiger partial charge in [-0.2, -0.15) is 0 Å². The molecule has 2 rings (SSSR count). The Hall–Kier alpha value is -2.04. The highest BCUT2D eigenvalue weighted by molar-refractivity contribution is 5.56. The summed E-state index contributed by atoms with van der Waals surface area (Å²) in [4.78, 5) is 8.30. The second kappa shape index (κ2) is 4.65. The summed E-state index contributed by atoms with van der Waals surface area (Å²) in [5.74, 6) is 2.52. The molecule has 0 saturated carbocycles. The Kier molecular flexibility index (Phi) is 3.05. The van der Waals surface area contributed by atoms with Crippen LogP contribution in [0.5, 0.6) is 0 Å². The maximum Gasteiger partial charge on any atom is 0.134 e. The summed E-state index contributed by atoms with van der Waals surface area (Å²) < 4.78 is 5.23. The van der Waals surface area contributed by atoms with Crippen molar-refractivity contribution in [3.63, 3.8) is 0 Å². The Balaban J connectivity index is 2.09. The van der Waals surface area contributed by atoms with Gasteiger partial charge in [-0.25, -0.2) is 9.97 Å². The lowest BCUT2D eigenvalue weighted by molar-refractivity contribution is 0.517. The van der Waals surface area contributed by atoms with Gasteiger partial charge < -0.3 is 15.1 Å². The number of nitrogens with one attached hydrogen (secondary N) is 2. The first-order valence-corrected chi connectivity index (χ1v) is 5.07. The predicted octanol–water partition coefficient (Wildman–Crippen LogP) is 2.03. The molecule has 0 saturated heterocycles. The lowest BCUT2D eigenvalue weighted by atomic mass is 10.3. The first kappa shape index (κ1) is 10.5. The molecule has 0 aliphatic carbocycles. The molecule has 0 aliphatic heterocycles. The molecule has 0 unspecified atom stereocenters. The van der Waals surface area contributed by atoms with Gasteiger partial charge in [-0.3, -0.25) is 0 Å². The number of nitrogens with zero attached hydrogens (tertiary/aromatic N) is 2. The third-order valence-corrected chi connectivity index (χ3v) is 2.33. The second-order valence-electron chi connectivity index (χ2n) is 3.38. The quantitative estimate of drug-likeness (QED) is 0.822. The third-order valence-electron chi connectivity index (χ3n) is 2.33. The molecular weight excluding hydrogens is 204 g/mol.